The Kier molecular flexibility index (Phi) is 4.40. The standard InChI is InChI=1S/C15H15ClFNO/c1-10(19)12-6-2-3-8-14(12)18-9-11-5-4-7-13(16)15(11)17/h2-8,10,18-19H,9H2,1H3. The Morgan fingerprint density at radius 3 is 2.68 bits per heavy atom. The molecular formula is C15H15ClFNO. The van der Waals surface area contributed by atoms with E-state index in [0.29, 0.717) is 12.1 Å². The van der Waals surface area contributed by atoms with E-state index in [4.69, 9.17) is 11.6 Å². The van der Waals surface area contributed by atoms with Gasteiger partial charge in [0.2, 0.25) is 0 Å². The lowest BCUT2D eigenvalue weighted by Crippen LogP contribution is -2.05. The fourth-order valence-electron chi connectivity index (χ4n) is 1.90. The topological polar surface area (TPSA) is 32.3 Å². The normalized spacial score (nSPS) is 12.2. The van der Waals surface area contributed by atoms with Crippen molar-refractivity contribution in [1.82, 2.24) is 0 Å². The summed E-state index contributed by atoms with van der Waals surface area (Å²) < 4.78 is 13.7. The molecule has 0 bridgehead atoms. The molecule has 2 nitrogen and oxygen atoms in total. The summed E-state index contributed by atoms with van der Waals surface area (Å²) in [6.45, 7) is 2.01. The van der Waals surface area contributed by atoms with Crippen LogP contribution in [0.25, 0.3) is 0 Å². The molecule has 0 aromatic heterocycles. The zero-order chi connectivity index (χ0) is 13.8. The van der Waals surface area contributed by atoms with Crippen LogP contribution in [0, 0.1) is 5.82 Å². The molecule has 1 unspecified atom stereocenters. The van der Waals surface area contributed by atoms with Crippen LogP contribution in [0.3, 0.4) is 0 Å². The molecule has 0 fully saturated rings. The predicted octanol–water partition coefficient (Wildman–Crippen LogP) is 4.14. The van der Waals surface area contributed by atoms with Crippen molar-refractivity contribution in [3.8, 4) is 0 Å². The van der Waals surface area contributed by atoms with Crippen LogP contribution in [0.2, 0.25) is 5.02 Å². The second-order valence-corrected chi connectivity index (χ2v) is 4.74. The van der Waals surface area contributed by atoms with Crippen LogP contribution in [-0.2, 0) is 6.54 Å². The first kappa shape index (κ1) is 13.8. The summed E-state index contributed by atoms with van der Waals surface area (Å²) in [5, 5.41) is 12.9. The fourth-order valence-corrected chi connectivity index (χ4v) is 2.09. The molecule has 4 heteroatoms. The number of aliphatic hydroxyl groups excluding tert-OH is 1. The molecule has 2 rings (SSSR count). The highest BCUT2D eigenvalue weighted by Crippen LogP contribution is 2.24. The quantitative estimate of drug-likeness (QED) is 0.881. The molecule has 19 heavy (non-hydrogen) atoms. The molecule has 0 saturated heterocycles. The van der Waals surface area contributed by atoms with Gasteiger partial charge in [0.15, 0.2) is 0 Å². The fraction of sp³-hybridized carbons (Fsp3) is 0.200. The zero-order valence-electron chi connectivity index (χ0n) is 10.5. The molecule has 0 saturated carbocycles. The highest BCUT2D eigenvalue weighted by atomic mass is 35.5. The number of anilines is 1. The maximum atomic E-state index is 13.7. The number of rotatable bonds is 4. The Balaban J connectivity index is 2.17. The first-order valence-corrected chi connectivity index (χ1v) is 6.41. The van der Waals surface area contributed by atoms with Crippen LogP contribution in [0.1, 0.15) is 24.2 Å². The molecule has 0 heterocycles. The molecular weight excluding hydrogens is 265 g/mol. The van der Waals surface area contributed by atoms with E-state index in [1.807, 2.05) is 24.3 Å². The Bertz CT molecular complexity index is 572. The summed E-state index contributed by atoms with van der Waals surface area (Å²) in [6, 6.07) is 12.3. The highest BCUT2D eigenvalue weighted by molar-refractivity contribution is 6.30. The molecule has 2 aromatic carbocycles. The van der Waals surface area contributed by atoms with Gasteiger partial charge in [-0.3, -0.25) is 0 Å². The van der Waals surface area contributed by atoms with E-state index in [2.05, 4.69) is 5.32 Å². The number of hydrogen-bond acceptors (Lipinski definition) is 2. The van der Waals surface area contributed by atoms with Gasteiger partial charge in [-0.2, -0.15) is 0 Å². The van der Waals surface area contributed by atoms with Crippen molar-refractivity contribution < 1.29 is 9.50 Å². The lowest BCUT2D eigenvalue weighted by molar-refractivity contribution is 0.200. The first-order valence-electron chi connectivity index (χ1n) is 6.03. The van der Waals surface area contributed by atoms with Gasteiger partial charge in [-0.15, -0.1) is 0 Å². The van der Waals surface area contributed by atoms with Gasteiger partial charge in [-0.05, 0) is 19.1 Å². The molecule has 100 valence electrons. The lowest BCUT2D eigenvalue weighted by atomic mass is 10.1. The number of aliphatic hydroxyl groups is 1. The Morgan fingerprint density at radius 1 is 1.21 bits per heavy atom. The summed E-state index contributed by atoms with van der Waals surface area (Å²) in [5.41, 5.74) is 2.06. The van der Waals surface area contributed by atoms with Crippen molar-refractivity contribution in [3.05, 3.63) is 64.4 Å². The van der Waals surface area contributed by atoms with Gasteiger partial charge in [-0.1, -0.05) is 41.9 Å². The van der Waals surface area contributed by atoms with E-state index in [9.17, 15) is 9.50 Å². The average molecular weight is 280 g/mol. The zero-order valence-corrected chi connectivity index (χ0v) is 11.3. The van der Waals surface area contributed by atoms with Crippen molar-refractivity contribution in [2.45, 2.75) is 19.6 Å². The number of halogens is 2. The minimum Gasteiger partial charge on any atom is -0.389 e. The van der Waals surface area contributed by atoms with Crippen molar-refractivity contribution in [3.63, 3.8) is 0 Å². The minimum atomic E-state index is -0.576. The maximum absolute atomic E-state index is 13.7. The van der Waals surface area contributed by atoms with E-state index in [1.165, 1.54) is 6.07 Å². The summed E-state index contributed by atoms with van der Waals surface area (Å²) >= 11 is 5.73. The first-order chi connectivity index (χ1) is 9.09. The number of hydrogen-bond donors (Lipinski definition) is 2. The summed E-state index contributed by atoms with van der Waals surface area (Å²) in [5.74, 6) is -0.411. The van der Waals surface area contributed by atoms with Crippen LogP contribution in [0.4, 0.5) is 10.1 Å². The van der Waals surface area contributed by atoms with Gasteiger partial charge >= 0.3 is 0 Å². The lowest BCUT2D eigenvalue weighted by Gasteiger charge is -2.14. The van der Waals surface area contributed by atoms with Gasteiger partial charge in [-0.25, -0.2) is 4.39 Å². The molecule has 0 spiro atoms. The van der Waals surface area contributed by atoms with E-state index in [1.54, 1.807) is 19.1 Å². The molecule has 2 N–H and O–H groups in total. The van der Waals surface area contributed by atoms with Crippen LogP contribution < -0.4 is 5.32 Å². The minimum absolute atomic E-state index is 0.114. The van der Waals surface area contributed by atoms with Gasteiger partial charge in [0.25, 0.3) is 0 Å². The van der Waals surface area contributed by atoms with Gasteiger partial charge in [0.05, 0.1) is 11.1 Å². The van der Waals surface area contributed by atoms with E-state index < -0.39 is 11.9 Å². The third kappa shape index (κ3) is 3.25. The molecule has 0 radical (unpaired) electrons. The molecule has 0 aliphatic heterocycles. The monoisotopic (exact) mass is 279 g/mol. The second-order valence-electron chi connectivity index (χ2n) is 4.33. The largest absolute Gasteiger partial charge is 0.389 e. The second kappa shape index (κ2) is 6.04. The van der Waals surface area contributed by atoms with Crippen LogP contribution >= 0.6 is 11.6 Å². The Hall–Kier alpha value is -1.58. The summed E-state index contributed by atoms with van der Waals surface area (Å²) in [7, 11) is 0. The Labute approximate surface area is 116 Å². The van der Waals surface area contributed by atoms with Gasteiger partial charge < -0.3 is 10.4 Å². The van der Waals surface area contributed by atoms with Gasteiger partial charge in [0, 0.05) is 23.4 Å². The van der Waals surface area contributed by atoms with E-state index in [0.717, 1.165) is 11.3 Å². The smallest absolute Gasteiger partial charge is 0.146 e. The predicted molar refractivity (Wildman–Crippen MR) is 75.8 cm³/mol. The number of nitrogens with one attached hydrogen (secondary N) is 1. The van der Waals surface area contributed by atoms with E-state index in [-0.39, 0.29) is 5.02 Å². The SMILES string of the molecule is CC(O)c1ccccc1NCc1cccc(Cl)c1F. The maximum Gasteiger partial charge on any atom is 0.146 e. The molecule has 2 aromatic rings. The van der Waals surface area contributed by atoms with Crippen LogP contribution in [0.5, 0.6) is 0 Å². The third-order valence-electron chi connectivity index (χ3n) is 2.91. The van der Waals surface area contributed by atoms with Crippen LogP contribution in [0.15, 0.2) is 42.5 Å². The Morgan fingerprint density at radius 2 is 1.95 bits per heavy atom. The van der Waals surface area contributed by atoms with Crippen molar-refractivity contribution in [2.24, 2.45) is 0 Å². The number of benzene rings is 2. The number of para-hydroxylation sites is 1. The highest BCUT2D eigenvalue weighted by Gasteiger charge is 2.09. The molecule has 0 amide bonds. The van der Waals surface area contributed by atoms with Crippen molar-refractivity contribution >= 4 is 17.3 Å². The molecule has 0 aliphatic rings. The van der Waals surface area contributed by atoms with Crippen molar-refractivity contribution in [1.29, 1.82) is 0 Å². The van der Waals surface area contributed by atoms with Crippen LogP contribution in [-0.4, -0.2) is 5.11 Å². The molecule has 1 atom stereocenters. The average Bonchev–Trinajstić information content (AvgIpc) is 2.40. The van der Waals surface area contributed by atoms with Gasteiger partial charge in [0.1, 0.15) is 5.82 Å². The van der Waals surface area contributed by atoms with E-state index >= 15 is 0 Å². The summed E-state index contributed by atoms with van der Waals surface area (Å²) in [4.78, 5) is 0. The summed E-state index contributed by atoms with van der Waals surface area (Å²) in [6.07, 6.45) is -0.576. The van der Waals surface area contributed by atoms with Crippen molar-refractivity contribution in [2.75, 3.05) is 5.32 Å². The third-order valence-corrected chi connectivity index (χ3v) is 3.20. The molecule has 0 aliphatic carbocycles.